The van der Waals surface area contributed by atoms with Crippen molar-refractivity contribution in [3.8, 4) is 0 Å². The summed E-state index contributed by atoms with van der Waals surface area (Å²) in [6.07, 6.45) is 2.92. The topological polar surface area (TPSA) is 21.3 Å². The van der Waals surface area contributed by atoms with Gasteiger partial charge in [0.05, 0.1) is 5.60 Å². The Morgan fingerprint density at radius 3 is 2.58 bits per heavy atom. The van der Waals surface area contributed by atoms with Gasteiger partial charge < -0.3 is 10.1 Å². The molecule has 1 atom stereocenters. The highest BCUT2D eigenvalue weighted by atomic mass is 16.5. The first kappa shape index (κ1) is 11.7. The fourth-order valence-electron chi connectivity index (χ4n) is 0.786. The van der Waals surface area contributed by atoms with Gasteiger partial charge in [-0.3, -0.25) is 0 Å². The summed E-state index contributed by atoms with van der Waals surface area (Å²) < 4.78 is 5.29. The van der Waals surface area contributed by atoms with Gasteiger partial charge in [-0.25, -0.2) is 0 Å². The summed E-state index contributed by atoms with van der Waals surface area (Å²) >= 11 is 0. The Balaban J connectivity index is 3.49. The van der Waals surface area contributed by atoms with Gasteiger partial charge in [-0.15, -0.1) is 6.58 Å². The normalized spacial score (nSPS) is 14.3. The van der Waals surface area contributed by atoms with E-state index in [1.54, 1.807) is 7.11 Å². The molecule has 12 heavy (non-hydrogen) atoms. The molecule has 0 aromatic rings. The third kappa shape index (κ3) is 5.33. The number of hydrogen-bond acceptors (Lipinski definition) is 2. The van der Waals surface area contributed by atoms with Gasteiger partial charge >= 0.3 is 0 Å². The molecule has 0 amide bonds. The van der Waals surface area contributed by atoms with E-state index in [1.807, 2.05) is 6.08 Å². The van der Waals surface area contributed by atoms with Gasteiger partial charge in [-0.2, -0.15) is 0 Å². The molecule has 0 fully saturated rings. The van der Waals surface area contributed by atoms with Gasteiger partial charge in [0.1, 0.15) is 0 Å². The number of ether oxygens (including phenoxy) is 1. The summed E-state index contributed by atoms with van der Waals surface area (Å²) in [5, 5.41) is 3.32. The quantitative estimate of drug-likeness (QED) is 0.617. The molecule has 0 bridgehead atoms. The van der Waals surface area contributed by atoms with Crippen LogP contribution < -0.4 is 5.32 Å². The summed E-state index contributed by atoms with van der Waals surface area (Å²) in [6, 6.07) is 0.387. The zero-order valence-electron chi connectivity index (χ0n) is 8.68. The van der Waals surface area contributed by atoms with Crippen LogP contribution in [0.1, 0.15) is 27.2 Å². The maximum Gasteiger partial charge on any atom is 0.0634 e. The lowest BCUT2D eigenvalue weighted by molar-refractivity contribution is 0.0157. The van der Waals surface area contributed by atoms with Crippen molar-refractivity contribution in [3.05, 3.63) is 12.7 Å². The SMILES string of the molecule is C=CC(C)NCCC(C)(C)OC. The average Bonchev–Trinajstić information content (AvgIpc) is 2.04. The predicted molar refractivity (Wildman–Crippen MR) is 53.4 cm³/mol. The van der Waals surface area contributed by atoms with Crippen molar-refractivity contribution in [1.29, 1.82) is 0 Å². The molecule has 0 heterocycles. The van der Waals surface area contributed by atoms with Gasteiger partial charge in [0.15, 0.2) is 0 Å². The lowest BCUT2D eigenvalue weighted by atomic mass is 10.1. The number of hydrogen-bond donors (Lipinski definition) is 1. The van der Waals surface area contributed by atoms with Gasteiger partial charge in [-0.05, 0) is 33.7 Å². The third-order valence-corrected chi connectivity index (χ3v) is 2.10. The van der Waals surface area contributed by atoms with E-state index in [0.29, 0.717) is 6.04 Å². The molecule has 0 aromatic heterocycles. The van der Waals surface area contributed by atoms with Crippen LogP contribution >= 0.6 is 0 Å². The molecule has 0 saturated carbocycles. The zero-order valence-corrected chi connectivity index (χ0v) is 8.68. The Labute approximate surface area is 76.0 Å². The number of nitrogens with one attached hydrogen (secondary N) is 1. The van der Waals surface area contributed by atoms with Crippen molar-refractivity contribution >= 4 is 0 Å². The lowest BCUT2D eigenvalue weighted by Crippen LogP contribution is -2.32. The van der Waals surface area contributed by atoms with Gasteiger partial charge in [0, 0.05) is 13.2 Å². The van der Waals surface area contributed by atoms with E-state index in [1.165, 1.54) is 0 Å². The van der Waals surface area contributed by atoms with Crippen molar-refractivity contribution in [2.45, 2.75) is 38.8 Å². The van der Waals surface area contributed by atoms with Crippen molar-refractivity contribution in [2.24, 2.45) is 0 Å². The molecule has 1 unspecified atom stereocenters. The average molecular weight is 171 g/mol. The van der Waals surface area contributed by atoms with Crippen LogP contribution in [0.2, 0.25) is 0 Å². The van der Waals surface area contributed by atoms with Gasteiger partial charge in [-0.1, -0.05) is 6.08 Å². The fraction of sp³-hybridized carbons (Fsp3) is 0.800. The van der Waals surface area contributed by atoms with Crippen LogP contribution in [0.4, 0.5) is 0 Å². The minimum absolute atomic E-state index is 0.0200. The van der Waals surface area contributed by atoms with Crippen molar-refractivity contribution < 1.29 is 4.74 Å². The molecule has 72 valence electrons. The van der Waals surface area contributed by atoms with Crippen LogP contribution in [0.25, 0.3) is 0 Å². The molecule has 0 spiro atoms. The summed E-state index contributed by atoms with van der Waals surface area (Å²) in [5.41, 5.74) is -0.0200. The van der Waals surface area contributed by atoms with Crippen LogP contribution in [-0.2, 0) is 4.74 Å². The van der Waals surface area contributed by atoms with E-state index >= 15 is 0 Å². The minimum atomic E-state index is -0.0200. The Bertz CT molecular complexity index is 132. The fourth-order valence-corrected chi connectivity index (χ4v) is 0.786. The standard InChI is InChI=1S/C10H21NO/c1-6-9(2)11-8-7-10(3,4)12-5/h6,9,11H,1,7-8H2,2-5H3. The highest BCUT2D eigenvalue weighted by molar-refractivity contribution is 4.82. The second-order valence-corrected chi connectivity index (χ2v) is 3.69. The Hall–Kier alpha value is -0.340. The molecule has 0 saturated heterocycles. The van der Waals surface area contributed by atoms with E-state index in [9.17, 15) is 0 Å². The first-order valence-electron chi connectivity index (χ1n) is 4.43. The first-order valence-corrected chi connectivity index (χ1v) is 4.43. The molecule has 0 rings (SSSR count). The van der Waals surface area contributed by atoms with Crippen LogP contribution in [0.3, 0.4) is 0 Å². The van der Waals surface area contributed by atoms with E-state index in [2.05, 4.69) is 32.7 Å². The highest BCUT2D eigenvalue weighted by Crippen LogP contribution is 2.11. The largest absolute Gasteiger partial charge is 0.379 e. The minimum Gasteiger partial charge on any atom is -0.379 e. The van der Waals surface area contributed by atoms with E-state index in [-0.39, 0.29) is 5.60 Å². The second-order valence-electron chi connectivity index (χ2n) is 3.69. The Morgan fingerprint density at radius 2 is 2.17 bits per heavy atom. The lowest BCUT2D eigenvalue weighted by Gasteiger charge is -2.23. The molecular formula is C10H21NO. The number of rotatable bonds is 6. The Kier molecular flexibility index (Phi) is 5.18. The zero-order chi connectivity index (χ0) is 9.61. The first-order chi connectivity index (χ1) is 5.52. The molecule has 0 aliphatic heterocycles. The van der Waals surface area contributed by atoms with Crippen LogP contribution in [0.5, 0.6) is 0 Å². The molecule has 0 aliphatic carbocycles. The predicted octanol–water partition coefficient (Wildman–Crippen LogP) is 1.97. The summed E-state index contributed by atoms with van der Waals surface area (Å²) in [7, 11) is 1.75. The highest BCUT2D eigenvalue weighted by Gasteiger charge is 2.15. The molecule has 0 aliphatic rings. The van der Waals surface area contributed by atoms with Gasteiger partial charge in [0.2, 0.25) is 0 Å². The van der Waals surface area contributed by atoms with Crippen LogP contribution in [0.15, 0.2) is 12.7 Å². The smallest absolute Gasteiger partial charge is 0.0634 e. The molecule has 0 radical (unpaired) electrons. The van der Waals surface area contributed by atoms with Crippen LogP contribution in [0, 0.1) is 0 Å². The van der Waals surface area contributed by atoms with E-state index < -0.39 is 0 Å². The second kappa shape index (κ2) is 5.33. The summed E-state index contributed by atoms with van der Waals surface area (Å²) in [4.78, 5) is 0. The van der Waals surface area contributed by atoms with Crippen molar-refractivity contribution in [1.82, 2.24) is 5.32 Å². The molecule has 2 nitrogen and oxygen atoms in total. The summed E-state index contributed by atoms with van der Waals surface area (Å²) in [5.74, 6) is 0. The monoisotopic (exact) mass is 171 g/mol. The molecule has 1 N–H and O–H groups in total. The van der Waals surface area contributed by atoms with Crippen molar-refractivity contribution in [2.75, 3.05) is 13.7 Å². The van der Waals surface area contributed by atoms with E-state index in [0.717, 1.165) is 13.0 Å². The maximum atomic E-state index is 5.29. The Morgan fingerprint density at radius 1 is 1.58 bits per heavy atom. The third-order valence-electron chi connectivity index (χ3n) is 2.10. The molecule has 0 aromatic carbocycles. The maximum absolute atomic E-state index is 5.29. The summed E-state index contributed by atoms with van der Waals surface area (Å²) in [6.45, 7) is 10.9. The van der Waals surface area contributed by atoms with Crippen molar-refractivity contribution in [3.63, 3.8) is 0 Å². The van der Waals surface area contributed by atoms with E-state index in [4.69, 9.17) is 4.74 Å². The van der Waals surface area contributed by atoms with Gasteiger partial charge in [0.25, 0.3) is 0 Å². The number of methoxy groups -OCH3 is 1. The molecular weight excluding hydrogens is 150 g/mol. The van der Waals surface area contributed by atoms with Crippen LogP contribution in [-0.4, -0.2) is 25.3 Å². The molecule has 2 heteroatoms.